The van der Waals surface area contributed by atoms with E-state index in [0.29, 0.717) is 0 Å². The van der Waals surface area contributed by atoms with Gasteiger partial charge in [0.05, 0.1) is 12.1 Å². The minimum Gasteiger partial charge on any atom is -0.375 e. The largest absolute Gasteiger partial charge is 0.375 e. The third-order valence-corrected chi connectivity index (χ3v) is 12.0. The first-order valence-electron chi connectivity index (χ1n) is 18.0. The van der Waals surface area contributed by atoms with E-state index >= 15 is 0 Å². The van der Waals surface area contributed by atoms with Gasteiger partial charge in [-0.05, 0) is 163 Å². The van der Waals surface area contributed by atoms with Crippen LogP contribution in [0.2, 0.25) is 0 Å². The fourth-order valence-electron chi connectivity index (χ4n) is 7.69. The quantitative estimate of drug-likeness (QED) is 0.169. The van der Waals surface area contributed by atoms with Gasteiger partial charge in [-0.25, -0.2) is 0 Å². The average molecular weight is 783 g/mol. The Bertz CT molecular complexity index is 1950. The van der Waals surface area contributed by atoms with Crippen LogP contribution in [-0.2, 0) is 51.4 Å². The van der Waals surface area contributed by atoms with Crippen LogP contribution < -0.4 is 10.6 Å². The number of halogens is 2. The fourth-order valence-corrected chi connectivity index (χ4v) is 8.49. The van der Waals surface area contributed by atoms with Crippen molar-refractivity contribution in [3.05, 3.63) is 198 Å². The summed E-state index contributed by atoms with van der Waals surface area (Å²) in [6, 6.07) is 50.1. The van der Waals surface area contributed by atoms with Gasteiger partial charge in [0.25, 0.3) is 0 Å². The van der Waals surface area contributed by atoms with Gasteiger partial charge in [0.15, 0.2) is 0 Å². The predicted molar refractivity (Wildman–Crippen MR) is 216 cm³/mol. The summed E-state index contributed by atoms with van der Waals surface area (Å²) in [6.07, 6.45) is 8.07. The summed E-state index contributed by atoms with van der Waals surface area (Å²) < 4.78 is 2.13. The zero-order valence-corrected chi connectivity index (χ0v) is 31.4. The summed E-state index contributed by atoms with van der Waals surface area (Å²) >= 11 is 7.81. The molecule has 8 aliphatic carbocycles. The zero-order chi connectivity index (χ0) is 33.9. The highest BCUT2D eigenvalue weighted by Gasteiger charge is 2.31. The van der Waals surface area contributed by atoms with Gasteiger partial charge in [-0.15, -0.1) is 0 Å². The molecule has 8 aliphatic rings. The van der Waals surface area contributed by atoms with E-state index in [0.717, 1.165) is 71.7 Å². The molecule has 0 amide bonds. The standard InChI is InChI=1S/C46H42Br2N2/c47-41-5-1-3-7-43(41)49-45(39-29-35-19-17-31-9-13-33(14-10-31)21-25-37(39)27-23-35)46(50-44-8-4-2-6-42(44)48)40-30-36-20-18-32-11-15-34(16-12-32)22-26-38(40)28-24-36/h1-16,23-24,27-30,45-46,49-50H,17-22,25-26H2/t45-,46-/m1/s1. The number of rotatable bonds is 7. The Hall–Kier alpha value is -4.12. The number of anilines is 2. The summed E-state index contributed by atoms with van der Waals surface area (Å²) in [7, 11) is 0. The van der Waals surface area contributed by atoms with Crippen molar-refractivity contribution in [2.75, 3.05) is 10.6 Å². The second-order valence-corrected chi connectivity index (χ2v) is 15.6. The maximum absolute atomic E-state index is 4.14. The van der Waals surface area contributed by atoms with Crippen LogP contribution in [0.4, 0.5) is 11.4 Å². The Kier molecular flexibility index (Phi) is 9.92. The predicted octanol–water partition coefficient (Wildman–Crippen LogP) is 12.0. The lowest BCUT2D eigenvalue weighted by molar-refractivity contribution is 0.632. The molecule has 6 aromatic carbocycles. The SMILES string of the molecule is Brc1ccccc1N[C@H](c1cc2ccc1CCc1ccc(cc1)CC2)[C@H](Nc1ccccc1Br)c1cc2ccc1CCc1ccc(cc1)CC2. The first-order valence-corrected chi connectivity index (χ1v) is 19.6. The molecule has 14 rings (SSSR count). The third-order valence-electron chi connectivity index (χ3n) is 10.6. The topological polar surface area (TPSA) is 24.1 Å². The summed E-state index contributed by atoms with van der Waals surface area (Å²) in [5, 5.41) is 8.28. The molecule has 4 heteroatoms. The van der Waals surface area contributed by atoms with E-state index < -0.39 is 0 Å². The van der Waals surface area contributed by atoms with Crippen molar-refractivity contribution in [1.82, 2.24) is 0 Å². The van der Waals surface area contributed by atoms with Crippen molar-refractivity contribution in [1.29, 1.82) is 0 Å². The fraction of sp³-hybridized carbons (Fsp3) is 0.217. The van der Waals surface area contributed by atoms with Crippen LogP contribution in [0.15, 0.2) is 142 Å². The van der Waals surface area contributed by atoms with Crippen molar-refractivity contribution < 1.29 is 0 Å². The first kappa shape index (κ1) is 33.0. The molecule has 8 bridgehead atoms. The van der Waals surface area contributed by atoms with Gasteiger partial charge in [0.2, 0.25) is 0 Å². The molecule has 2 N–H and O–H groups in total. The molecule has 0 radical (unpaired) electrons. The number of hydrogen-bond donors (Lipinski definition) is 2. The second-order valence-electron chi connectivity index (χ2n) is 13.9. The van der Waals surface area contributed by atoms with Crippen LogP contribution in [0.1, 0.15) is 67.7 Å². The molecular weight excluding hydrogens is 740 g/mol. The normalized spacial score (nSPS) is 15.0. The van der Waals surface area contributed by atoms with Gasteiger partial charge in [0, 0.05) is 20.3 Å². The Morgan fingerprint density at radius 3 is 1.06 bits per heavy atom. The smallest absolute Gasteiger partial charge is 0.0760 e. The van der Waals surface area contributed by atoms with E-state index in [1.807, 2.05) is 0 Å². The van der Waals surface area contributed by atoms with Crippen LogP contribution in [0.3, 0.4) is 0 Å². The summed E-state index contributed by atoms with van der Waals surface area (Å²) in [5.74, 6) is 0. The van der Waals surface area contributed by atoms with Crippen LogP contribution >= 0.6 is 31.9 Å². The summed E-state index contributed by atoms with van der Waals surface area (Å²) in [6.45, 7) is 0. The van der Waals surface area contributed by atoms with Gasteiger partial charge in [-0.3, -0.25) is 0 Å². The Balaban J connectivity index is 1.31. The third kappa shape index (κ3) is 7.48. The van der Waals surface area contributed by atoms with E-state index in [9.17, 15) is 0 Å². The Morgan fingerprint density at radius 2 is 0.680 bits per heavy atom. The van der Waals surface area contributed by atoms with Gasteiger partial charge >= 0.3 is 0 Å². The molecular formula is C46H42Br2N2. The lowest BCUT2D eigenvalue weighted by atomic mass is 9.82. The van der Waals surface area contributed by atoms with Crippen LogP contribution in [0, 0.1) is 0 Å². The molecule has 0 saturated carbocycles. The van der Waals surface area contributed by atoms with Crippen LogP contribution in [0.25, 0.3) is 0 Å². The highest BCUT2D eigenvalue weighted by atomic mass is 79.9. The minimum atomic E-state index is -0.0696. The molecule has 0 aromatic heterocycles. The number of aryl methyl sites for hydroxylation is 8. The molecule has 0 saturated heterocycles. The van der Waals surface area contributed by atoms with Crippen molar-refractivity contribution in [3.63, 3.8) is 0 Å². The summed E-state index contributed by atoms with van der Waals surface area (Å²) in [5.41, 5.74) is 16.1. The van der Waals surface area contributed by atoms with E-state index in [2.05, 4.69) is 176 Å². The van der Waals surface area contributed by atoms with Gasteiger partial charge in [0.1, 0.15) is 0 Å². The molecule has 50 heavy (non-hydrogen) atoms. The van der Waals surface area contributed by atoms with E-state index in [1.54, 1.807) is 0 Å². The average Bonchev–Trinajstić information content (AvgIpc) is 3.13. The molecule has 0 heterocycles. The molecule has 0 spiro atoms. The van der Waals surface area contributed by atoms with E-state index in [4.69, 9.17) is 0 Å². The molecule has 6 aromatic rings. The molecule has 250 valence electrons. The van der Waals surface area contributed by atoms with Crippen molar-refractivity contribution in [2.45, 2.75) is 63.5 Å². The first-order chi connectivity index (χ1) is 24.6. The van der Waals surface area contributed by atoms with E-state index in [-0.39, 0.29) is 12.1 Å². The molecule has 2 nitrogen and oxygen atoms in total. The second kappa shape index (κ2) is 15.0. The lowest BCUT2D eigenvalue weighted by Crippen LogP contribution is -2.28. The maximum Gasteiger partial charge on any atom is 0.0760 e. The Morgan fingerprint density at radius 1 is 0.360 bits per heavy atom. The van der Waals surface area contributed by atoms with Crippen LogP contribution in [-0.4, -0.2) is 0 Å². The summed E-state index contributed by atoms with van der Waals surface area (Å²) in [4.78, 5) is 0. The molecule has 0 aliphatic heterocycles. The number of para-hydroxylation sites is 2. The number of benzene rings is 6. The van der Waals surface area contributed by atoms with Crippen LogP contribution in [0.5, 0.6) is 0 Å². The Labute approximate surface area is 313 Å². The monoisotopic (exact) mass is 780 g/mol. The molecule has 0 unspecified atom stereocenters. The minimum absolute atomic E-state index is 0.0696. The maximum atomic E-state index is 4.14. The zero-order valence-electron chi connectivity index (χ0n) is 28.3. The van der Waals surface area contributed by atoms with Crippen molar-refractivity contribution in [2.24, 2.45) is 0 Å². The number of nitrogens with one attached hydrogen (secondary N) is 2. The van der Waals surface area contributed by atoms with Crippen molar-refractivity contribution in [3.8, 4) is 0 Å². The highest BCUT2D eigenvalue weighted by Crippen LogP contribution is 2.42. The lowest BCUT2D eigenvalue weighted by Gasteiger charge is -2.35. The van der Waals surface area contributed by atoms with Crippen molar-refractivity contribution >= 4 is 43.2 Å². The molecule has 0 fully saturated rings. The number of hydrogen-bond acceptors (Lipinski definition) is 2. The van der Waals surface area contributed by atoms with Gasteiger partial charge < -0.3 is 10.6 Å². The molecule has 2 atom stereocenters. The van der Waals surface area contributed by atoms with Gasteiger partial charge in [-0.1, -0.05) is 109 Å². The van der Waals surface area contributed by atoms with E-state index in [1.165, 1.54) is 55.6 Å². The highest BCUT2D eigenvalue weighted by molar-refractivity contribution is 9.11. The van der Waals surface area contributed by atoms with Gasteiger partial charge in [-0.2, -0.15) is 0 Å².